The van der Waals surface area contributed by atoms with Gasteiger partial charge in [-0.05, 0) is 12.3 Å². The highest BCUT2D eigenvalue weighted by atomic mass is 16.5. The molecule has 0 atom stereocenters. The van der Waals surface area contributed by atoms with Gasteiger partial charge in [0.15, 0.2) is 5.69 Å². The molecule has 2 aliphatic heterocycles. The van der Waals surface area contributed by atoms with Crippen molar-refractivity contribution in [3.8, 4) is 0 Å². The number of amides is 2. The number of morpholine rings is 1. The molecule has 0 unspecified atom stereocenters. The molecule has 0 radical (unpaired) electrons. The molecule has 166 valence electrons. The van der Waals surface area contributed by atoms with Crippen molar-refractivity contribution in [2.24, 2.45) is 5.92 Å². The molecule has 4 rings (SSSR count). The molecule has 0 spiro atoms. The first-order valence-corrected chi connectivity index (χ1v) is 11.5. The minimum Gasteiger partial charge on any atom is -0.378 e. The van der Waals surface area contributed by atoms with Gasteiger partial charge in [0.25, 0.3) is 5.91 Å². The van der Waals surface area contributed by atoms with Crippen LogP contribution in [0.4, 0.5) is 0 Å². The lowest BCUT2D eigenvalue weighted by Crippen LogP contribution is -2.41. The number of carbonyl (C=O) groups excluding carboxylic acids is 2. The second-order valence-electron chi connectivity index (χ2n) is 8.60. The monoisotopic (exact) mass is 418 g/mol. The van der Waals surface area contributed by atoms with Crippen LogP contribution in [0.15, 0.2) is 0 Å². The molecule has 3 heterocycles. The van der Waals surface area contributed by atoms with Crippen molar-refractivity contribution in [3.05, 3.63) is 17.0 Å². The van der Waals surface area contributed by atoms with Crippen LogP contribution >= 0.6 is 0 Å². The quantitative estimate of drug-likeness (QED) is 0.731. The van der Waals surface area contributed by atoms with Gasteiger partial charge in [0, 0.05) is 43.7 Å². The molecular formula is C22H34N4O4. The molecule has 0 aromatic carbocycles. The van der Waals surface area contributed by atoms with Crippen molar-refractivity contribution in [2.45, 2.75) is 64.5 Å². The molecule has 30 heavy (non-hydrogen) atoms. The zero-order valence-corrected chi connectivity index (χ0v) is 17.9. The van der Waals surface area contributed by atoms with Crippen molar-refractivity contribution in [2.75, 3.05) is 39.5 Å². The molecule has 8 heteroatoms. The molecule has 1 saturated carbocycles. The number of hydrogen-bond acceptors (Lipinski definition) is 5. The van der Waals surface area contributed by atoms with Crippen molar-refractivity contribution < 1.29 is 19.1 Å². The first-order valence-electron chi connectivity index (χ1n) is 11.5. The summed E-state index contributed by atoms with van der Waals surface area (Å²) in [5.41, 5.74) is 2.46. The van der Waals surface area contributed by atoms with E-state index in [1.165, 1.54) is 32.1 Å². The van der Waals surface area contributed by atoms with E-state index in [1.807, 2.05) is 4.68 Å². The molecule has 1 N–H and O–H groups in total. The molecule has 1 aromatic heterocycles. The Morgan fingerprint density at radius 2 is 1.87 bits per heavy atom. The Labute approximate surface area is 178 Å². The molecule has 3 aliphatic rings. The summed E-state index contributed by atoms with van der Waals surface area (Å²) in [6.07, 6.45) is 8.86. The van der Waals surface area contributed by atoms with Gasteiger partial charge < -0.3 is 19.7 Å². The summed E-state index contributed by atoms with van der Waals surface area (Å²) in [6.45, 7) is 4.50. The lowest BCUT2D eigenvalue weighted by molar-refractivity contribution is -0.121. The van der Waals surface area contributed by atoms with Crippen LogP contribution in [-0.4, -0.2) is 65.9 Å². The Balaban J connectivity index is 1.31. The van der Waals surface area contributed by atoms with Crippen molar-refractivity contribution >= 4 is 11.8 Å². The van der Waals surface area contributed by atoms with E-state index in [0.717, 1.165) is 30.0 Å². The second-order valence-corrected chi connectivity index (χ2v) is 8.60. The van der Waals surface area contributed by atoms with E-state index in [4.69, 9.17) is 9.47 Å². The Morgan fingerprint density at radius 3 is 2.67 bits per heavy atom. The van der Waals surface area contributed by atoms with Crippen LogP contribution in [0.3, 0.4) is 0 Å². The van der Waals surface area contributed by atoms with Gasteiger partial charge in [-0.2, -0.15) is 5.10 Å². The first kappa shape index (κ1) is 21.3. The van der Waals surface area contributed by atoms with Crippen LogP contribution in [0.1, 0.15) is 66.7 Å². The van der Waals surface area contributed by atoms with Crippen molar-refractivity contribution in [1.29, 1.82) is 0 Å². The predicted octanol–water partition coefficient (Wildman–Crippen LogP) is 1.90. The van der Waals surface area contributed by atoms with E-state index in [1.54, 1.807) is 4.90 Å². The van der Waals surface area contributed by atoms with Crippen LogP contribution < -0.4 is 5.32 Å². The third kappa shape index (κ3) is 5.21. The number of nitrogens with zero attached hydrogens (tertiary/aromatic N) is 3. The fraction of sp³-hybridized carbons (Fsp3) is 0.773. The van der Waals surface area contributed by atoms with E-state index in [2.05, 4.69) is 10.4 Å². The second kappa shape index (κ2) is 10.4. The van der Waals surface area contributed by atoms with E-state index in [-0.39, 0.29) is 11.8 Å². The average Bonchev–Trinajstić information content (AvgIpc) is 3.17. The lowest BCUT2D eigenvalue weighted by Gasteiger charge is -2.26. The summed E-state index contributed by atoms with van der Waals surface area (Å²) in [7, 11) is 0. The number of rotatable bonds is 7. The summed E-state index contributed by atoms with van der Waals surface area (Å²) < 4.78 is 12.9. The Hall–Kier alpha value is -1.93. The summed E-state index contributed by atoms with van der Waals surface area (Å²) in [5.74, 6) is 0.793. The Morgan fingerprint density at radius 1 is 1.07 bits per heavy atom. The van der Waals surface area contributed by atoms with Crippen LogP contribution in [0, 0.1) is 5.92 Å². The predicted molar refractivity (Wildman–Crippen MR) is 111 cm³/mol. The largest absolute Gasteiger partial charge is 0.378 e. The highest BCUT2D eigenvalue weighted by Gasteiger charge is 2.29. The third-order valence-corrected chi connectivity index (χ3v) is 6.55. The molecule has 2 amide bonds. The smallest absolute Gasteiger partial charge is 0.274 e. The number of fused-ring (bicyclic) bond motifs is 1. The highest BCUT2D eigenvalue weighted by molar-refractivity contribution is 5.94. The highest BCUT2D eigenvalue weighted by Crippen LogP contribution is 2.27. The van der Waals surface area contributed by atoms with Crippen LogP contribution in [0.5, 0.6) is 0 Å². The van der Waals surface area contributed by atoms with Gasteiger partial charge in [-0.25, -0.2) is 0 Å². The Kier molecular flexibility index (Phi) is 7.38. The SMILES string of the molecule is O=C(CCC1CCCCC1)NCCn1nc(C(=O)N2CCOCC2)c2c1CCOC2. The number of nitrogens with one attached hydrogen (secondary N) is 1. The van der Waals surface area contributed by atoms with Crippen molar-refractivity contribution in [3.63, 3.8) is 0 Å². The van der Waals surface area contributed by atoms with Crippen molar-refractivity contribution in [1.82, 2.24) is 20.0 Å². The normalized spacial score (nSPS) is 20.1. The van der Waals surface area contributed by atoms with Gasteiger partial charge in [0.05, 0.1) is 33.0 Å². The van der Waals surface area contributed by atoms with Gasteiger partial charge in [0.2, 0.25) is 5.91 Å². The maximum atomic E-state index is 13.0. The number of ether oxygens (including phenoxy) is 2. The average molecular weight is 419 g/mol. The molecule has 1 saturated heterocycles. The van der Waals surface area contributed by atoms with E-state index in [0.29, 0.717) is 64.7 Å². The van der Waals surface area contributed by atoms with Crippen LogP contribution in [0.25, 0.3) is 0 Å². The van der Waals surface area contributed by atoms with Crippen LogP contribution in [-0.2, 0) is 33.8 Å². The minimum atomic E-state index is -0.0460. The lowest BCUT2D eigenvalue weighted by atomic mass is 9.86. The molecule has 1 aromatic rings. The van der Waals surface area contributed by atoms with E-state index < -0.39 is 0 Å². The minimum absolute atomic E-state index is 0.0460. The molecule has 1 aliphatic carbocycles. The molecular weight excluding hydrogens is 384 g/mol. The molecule has 8 nitrogen and oxygen atoms in total. The fourth-order valence-electron chi connectivity index (χ4n) is 4.78. The topological polar surface area (TPSA) is 85.7 Å². The zero-order valence-electron chi connectivity index (χ0n) is 17.9. The van der Waals surface area contributed by atoms with Gasteiger partial charge in [-0.3, -0.25) is 14.3 Å². The maximum absolute atomic E-state index is 13.0. The first-order chi connectivity index (χ1) is 14.7. The van der Waals surface area contributed by atoms with E-state index in [9.17, 15) is 9.59 Å². The van der Waals surface area contributed by atoms with Gasteiger partial charge in [-0.1, -0.05) is 32.1 Å². The number of hydrogen-bond donors (Lipinski definition) is 1. The van der Waals surface area contributed by atoms with Crippen LogP contribution in [0.2, 0.25) is 0 Å². The summed E-state index contributed by atoms with van der Waals surface area (Å²) in [6, 6.07) is 0. The zero-order chi connectivity index (χ0) is 20.8. The molecule has 0 bridgehead atoms. The van der Waals surface area contributed by atoms with Gasteiger partial charge in [-0.15, -0.1) is 0 Å². The number of aromatic nitrogens is 2. The van der Waals surface area contributed by atoms with E-state index >= 15 is 0 Å². The van der Waals surface area contributed by atoms with Gasteiger partial charge >= 0.3 is 0 Å². The number of carbonyl (C=O) groups is 2. The Bertz CT molecular complexity index is 736. The third-order valence-electron chi connectivity index (χ3n) is 6.55. The van der Waals surface area contributed by atoms with Gasteiger partial charge in [0.1, 0.15) is 0 Å². The standard InChI is InChI=1S/C22H34N4O4/c27-20(7-6-17-4-2-1-3-5-17)23-9-10-26-19-8-13-30-16-18(19)21(24-26)22(28)25-11-14-29-15-12-25/h17H,1-16H2,(H,23,27). The molecule has 2 fully saturated rings. The maximum Gasteiger partial charge on any atom is 0.274 e. The summed E-state index contributed by atoms with van der Waals surface area (Å²) >= 11 is 0. The summed E-state index contributed by atoms with van der Waals surface area (Å²) in [5, 5.41) is 7.67. The summed E-state index contributed by atoms with van der Waals surface area (Å²) in [4.78, 5) is 27.0. The fourth-order valence-corrected chi connectivity index (χ4v) is 4.78.